The normalized spacial score (nSPS) is 13.0. The first kappa shape index (κ1) is 26.0. The van der Waals surface area contributed by atoms with Gasteiger partial charge in [-0.2, -0.15) is 5.26 Å². The van der Waals surface area contributed by atoms with Crippen LogP contribution in [0.15, 0.2) is 139 Å². The highest BCUT2D eigenvalue weighted by Gasteiger charge is 2.18. The summed E-state index contributed by atoms with van der Waals surface area (Å²) < 4.78 is 3.49. The second-order valence-corrected chi connectivity index (χ2v) is 11.9. The average molecular weight is 583 g/mol. The number of anilines is 1. The van der Waals surface area contributed by atoms with Crippen LogP contribution in [0.1, 0.15) is 11.1 Å². The number of rotatable bonds is 5. The molecule has 0 unspecified atom stereocenters. The quantitative estimate of drug-likeness (QED) is 0.190. The lowest BCUT2D eigenvalue weighted by Crippen LogP contribution is -2.17. The lowest BCUT2D eigenvalue weighted by molar-refractivity contribution is 1.10. The summed E-state index contributed by atoms with van der Waals surface area (Å²) in [6, 6.07) is 42.4. The molecule has 5 heteroatoms. The molecule has 0 aliphatic carbocycles. The van der Waals surface area contributed by atoms with E-state index in [-0.39, 0.29) is 0 Å². The molecule has 5 aromatic carbocycles. The van der Waals surface area contributed by atoms with Crippen molar-refractivity contribution in [2.45, 2.75) is 0 Å². The van der Waals surface area contributed by atoms with Gasteiger partial charge in [0.05, 0.1) is 22.7 Å². The molecule has 0 radical (unpaired) electrons. The van der Waals surface area contributed by atoms with Crippen molar-refractivity contribution >= 4 is 66.2 Å². The minimum absolute atomic E-state index is 0.661. The largest absolute Gasteiger partial charge is 0.334 e. The molecule has 0 saturated heterocycles. The zero-order valence-electron chi connectivity index (χ0n) is 23.8. The molecule has 7 aromatic rings. The van der Waals surface area contributed by atoms with E-state index in [0.717, 1.165) is 72.4 Å². The summed E-state index contributed by atoms with van der Waals surface area (Å²) in [4.78, 5) is 6.66. The number of hydrogen-bond acceptors (Lipinski definition) is 4. The SMILES string of the molecule is C=Nc1c(N2C=C(c3ccc(-c4ccc5c(c4)c4cc(C#N)ccc4n5-c4ccccc4)cc3)C=CC2)sc2ccccc12. The molecule has 208 valence electrons. The molecule has 0 bridgehead atoms. The van der Waals surface area contributed by atoms with Gasteiger partial charge in [0.2, 0.25) is 0 Å². The number of hydrogen-bond donors (Lipinski definition) is 0. The maximum Gasteiger partial charge on any atom is 0.123 e. The Morgan fingerprint density at radius 1 is 0.727 bits per heavy atom. The summed E-state index contributed by atoms with van der Waals surface area (Å²) in [5, 5.41) is 14.1. The number of allylic oxidation sites excluding steroid dienone is 2. The number of nitriles is 1. The molecule has 0 N–H and O–H groups in total. The van der Waals surface area contributed by atoms with E-state index in [0.29, 0.717) is 5.56 Å². The van der Waals surface area contributed by atoms with E-state index >= 15 is 0 Å². The van der Waals surface area contributed by atoms with E-state index in [4.69, 9.17) is 0 Å². The van der Waals surface area contributed by atoms with E-state index in [9.17, 15) is 5.26 Å². The Balaban J connectivity index is 1.17. The van der Waals surface area contributed by atoms with E-state index in [1.165, 1.54) is 4.70 Å². The fourth-order valence-corrected chi connectivity index (χ4v) is 7.36. The van der Waals surface area contributed by atoms with Gasteiger partial charge >= 0.3 is 0 Å². The zero-order chi connectivity index (χ0) is 29.6. The Bertz CT molecular complexity index is 2330. The van der Waals surface area contributed by atoms with Crippen LogP contribution in [0.25, 0.3) is 54.3 Å². The maximum atomic E-state index is 9.62. The highest BCUT2D eigenvalue weighted by atomic mass is 32.1. The Labute approximate surface area is 259 Å². The van der Waals surface area contributed by atoms with Crippen molar-refractivity contribution < 1.29 is 0 Å². The Kier molecular flexibility index (Phi) is 6.22. The van der Waals surface area contributed by atoms with Crippen LogP contribution >= 0.6 is 11.3 Å². The first-order valence-electron chi connectivity index (χ1n) is 14.5. The summed E-state index contributed by atoms with van der Waals surface area (Å²) in [7, 11) is 0. The minimum atomic E-state index is 0.661. The van der Waals surface area contributed by atoms with Crippen LogP contribution in [0.5, 0.6) is 0 Å². The molecule has 0 amide bonds. The van der Waals surface area contributed by atoms with E-state index in [1.54, 1.807) is 11.3 Å². The first-order chi connectivity index (χ1) is 21.7. The molecule has 2 aromatic heterocycles. The van der Waals surface area contributed by atoms with Crippen molar-refractivity contribution in [2.75, 3.05) is 11.4 Å². The third-order valence-electron chi connectivity index (χ3n) is 8.32. The molecular weight excluding hydrogens is 557 g/mol. The van der Waals surface area contributed by atoms with E-state index < -0.39 is 0 Å². The van der Waals surface area contributed by atoms with Crippen LogP contribution in [-0.4, -0.2) is 17.8 Å². The van der Waals surface area contributed by atoms with Gasteiger partial charge in [-0.25, -0.2) is 0 Å². The van der Waals surface area contributed by atoms with Crippen LogP contribution in [0.4, 0.5) is 10.7 Å². The van der Waals surface area contributed by atoms with Crippen LogP contribution in [0, 0.1) is 11.3 Å². The Morgan fingerprint density at radius 2 is 1.43 bits per heavy atom. The number of para-hydroxylation sites is 1. The van der Waals surface area contributed by atoms with Crippen LogP contribution in [0.3, 0.4) is 0 Å². The van der Waals surface area contributed by atoms with Crippen LogP contribution in [-0.2, 0) is 0 Å². The van der Waals surface area contributed by atoms with Gasteiger partial charge in [0.25, 0.3) is 0 Å². The minimum Gasteiger partial charge on any atom is -0.334 e. The van der Waals surface area contributed by atoms with Crippen molar-refractivity contribution in [1.29, 1.82) is 5.26 Å². The summed E-state index contributed by atoms with van der Waals surface area (Å²) >= 11 is 1.75. The van der Waals surface area contributed by atoms with Crippen molar-refractivity contribution in [3.05, 3.63) is 145 Å². The third-order valence-corrected chi connectivity index (χ3v) is 9.52. The maximum absolute atomic E-state index is 9.62. The van der Waals surface area contributed by atoms with Gasteiger partial charge in [0.15, 0.2) is 0 Å². The predicted molar refractivity (Wildman–Crippen MR) is 186 cm³/mol. The molecule has 44 heavy (non-hydrogen) atoms. The number of fused-ring (bicyclic) bond motifs is 4. The van der Waals surface area contributed by atoms with Crippen molar-refractivity contribution in [3.8, 4) is 22.9 Å². The number of nitrogens with zero attached hydrogens (tertiary/aromatic N) is 4. The Morgan fingerprint density at radius 3 is 2.23 bits per heavy atom. The predicted octanol–water partition coefficient (Wildman–Crippen LogP) is 10.3. The molecule has 3 heterocycles. The molecule has 4 nitrogen and oxygen atoms in total. The highest BCUT2D eigenvalue weighted by Crippen LogP contribution is 2.45. The van der Waals surface area contributed by atoms with Gasteiger partial charge in [-0.15, -0.1) is 11.3 Å². The summed E-state index contributed by atoms with van der Waals surface area (Å²) in [6.07, 6.45) is 6.61. The van der Waals surface area contributed by atoms with Gasteiger partial charge in [0.1, 0.15) is 10.7 Å². The fourth-order valence-electron chi connectivity index (χ4n) is 6.22. The summed E-state index contributed by atoms with van der Waals surface area (Å²) in [5.41, 5.74) is 9.51. The van der Waals surface area contributed by atoms with Gasteiger partial charge < -0.3 is 9.47 Å². The standard InChI is InChI=1S/C39H26N4S/c1-41-38-32-11-5-6-12-37(32)44-39(38)42-21-7-8-30(25-42)28-16-14-27(15-17-28)29-18-20-36-34(23-29)33-22-26(24-40)13-19-35(33)43(36)31-9-3-2-4-10-31/h2-20,22-23,25H,1,21H2. The second-order valence-electron chi connectivity index (χ2n) is 10.9. The van der Waals surface area contributed by atoms with Crippen molar-refractivity contribution in [2.24, 2.45) is 4.99 Å². The van der Waals surface area contributed by atoms with Crippen molar-refractivity contribution in [1.82, 2.24) is 4.57 Å². The third kappa shape index (κ3) is 4.24. The molecule has 0 atom stereocenters. The molecule has 1 aliphatic heterocycles. The molecule has 0 saturated carbocycles. The molecular formula is C39H26N4S. The smallest absolute Gasteiger partial charge is 0.123 e. The van der Waals surface area contributed by atoms with E-state index in [2.05, 4.69) is 143 Å². The first-order valence-corrected chi connectivity index (χ1v) is 15.3. The number of benzene rings is 5. The topological polar surface area (TPSA) is 44.3 Å². The zero-order valence-corrected chi connectivity index (χ0v) is 24.6. The number of aromatic nitrogens is 1. The van der Waals surface area contributed by atoms with E-state index in [1.807, 2.05) is 18.2 Å². The molecule has 0 spiro atoms. The van der Waals surface area contributed by atoms with Crippen LogP contribution < -0.4 is 4.90 Å². The average Bonchev–Trinajstić information content (AvgIpc) is 3.64. The fraction of sp³-hybridized carbons (Fsp3) is 0.0256. The van der Waals surface area contributed by atoms with Gasteiger partial charge in [-0.3, -0.25) is 4.99 Å². The van der Waals surface area contributed by atoms with Gasteiger partial charge in [-0.1, -0.05) is 78.9 Å². The van der Waals surface area contributed by atoms with Gasteiger partial charge in [0, 0.05) is 39.3 Å². The molecule has 1 aliphatic rings. The summed E-state index contributed by atoms with van der Waals surface area (Å²) in [6.45, 7) is 4.65. The molecule has 0 fully saturated rings. The Hall–Kier alpha value is -5.70. The lowest BCUT2D eigenvalue weighted by atomic mass is 9.98. The van der Waals surface area contributed by atoms with Gasteiger partial charge in [-0.05, 0) is 77.5 Å². The van der Waals surface area contributed by atoms with Crippen molar-refractivity contribution in [3.63, 3.8) is 0 Å². The monoisotopic (exact) mass is 582 g/mol. The number of aliphatic imine (C=N–C) groups is 1. The lowest BCUT2D eigenvalue weighted by Gasteiger charge is -2.22. The number of thiophene rings is 1. The van der Waals surface area contributed by atoms with Crippen LogP contribution in [0.2, 0.25) is 0 Å². The second kappa shape index (κ2) is 10.5. The summed E-state index contributed by atoms with van der Waals surface area (Å²) in [5.74, 6) is 0. The highest BCUT2D eigenvalue weighted by molar-refractivity contribution is 7.23. The molecule has 8 rings (SSSR count).